The quantitative estimate of drug-likeness (QED) is 0.311. The zero-order valence-corrected chi connectivity index (χ0v) is 18.9. The van der Waals surface area contributed by atoms with Crippen molar-refractivity contribution in [2.75, 3.05) is 5.75 Å². The van der Waals surface area contributed by atoms with Gasteiger partial charge in [0.1, 0.15) is 4.83 Å². The van der Waals surface area contributed by atoms with E-state index in [1.54, 1.807) is 11.3 Å². The minimum atomic E-state index is -4.61. The Labute approximate surface area is 185 Å². The predicted molar refractivity (Wildman–Crippen MR) is 117 cm³/mol. The molecule has 0 radical (unpaired) electrons. The summed E-state index contributed by atoms with van der Waals surface area (Å²) in [6.45, 7) is 4.19. The molecule has 3 nitrogen and oxygen atoms in total. The summed E-state index contributed by atoms with van der Waals surface area (Å²) >= 11 is 8.71. The average molecular weight is 473 g/mol. The van der Waals surface area contributed by atoms with Gasteiger partial charge in [-0.2, -0.15) is 13.2 Å². The Morgan fingerprint density at radius 1 is 1.37 bits per heavy atom. The number of aromatic nitrogens is 2. The standard InChI is InChI=1S/C21H20ClF3N2OS2/c1-3-8-29-20-26-18-17(13-6-4-11(2)9-16(13)30-18)19(28)27(20)12-5-7-15(22)14(10-12)21(23,24)25/h5,7,10-11H,3-4,6,8-9H2,1-2H3. The molecular formula is C21H20ClF3N2OS2. The van der Waals surface area contributed by atoms with Gasteiger partial charge in [-0.25, -0.2) is 4.98 Å². The molecule has 1 aliphatic carbocycles. The van der Waals surface area contributed by atoms with Crippen molar-refractivity contribution in [3.8, 4) is 5.69 Å². The third kappa shape index (κ3) is 3.89. The van der Waals surface area contributed by atoms with Crippen LogP contribution in [0, 0.1) is 5.92 Å². The largest absolute Gasteiger partial charge is 0.417 e. The van der Waals surface area contributed by atoms with Crippen molar-refractivity contribution in [3.63, 3.8) is 0 Å². The third-order valence-corrected chi connectivity index (χ3v) is 7.87. The number of hydrogen-bond donors (Lipinski definition) is 0. The van der Waals surface area contributed by atoms with Crippen molar-refractivity contribution < 1.29 is 13.2 Å². The van der Waals surface area contributed by atoms with Gasteiger partial charge in [0.25, 0.3) is 5.56 Å². The van der Waals surface area contributed by atoms with Gasteiger partial charge >= 0.3 is 6.18 Å². The van der Waals surface area contributed by atoms with Crippen molar-refractivity contribution in [1.82, 2.24) is 9.55 Å². The first-order valence-corrected chi connectivity index (χ1v) is 12.0. The summed E-state index contributed by atoms with van der Waals surface area (Å²) in [6.07, 6.45) is -1.06. The highest BCUT2D eigenvalue weighted by molar-refractivity contribution is 7.99. The van der Waals surface area contributed by atoms with Gasteiger partial charge in [0.2, 0.25) is 0 Å². The van der Waals surface area contributed by atoms with E-state index in [0.717, 1.165) is 37.3 Å². The van der Waals surface area contributed by atoms with E-state index < -0.39 is 16.8 Å². The molecule has 0 aliphatic heterocycles. The fourth-order valence-electron chi connectivity index (χ4n) is 3.76. The molecule has 30 heavy (non-hydrogen) atoms. The zero-order valence-electron chi connectivity index (χ0n) is 16.5. The molecule has 160 valence electrons. The number of alkyl halides is 3. The number of thiophene rings is 1. The van der Waals surface area contributed by atoms with E-state index in [2.05, 4.69) is 6.92 Å². The number of benzene rings is 1. The molecule has 1 unspecified atom stereocenters. The van der Waals surface area contributed by atoms with Crippen molar-refractivity contribution in [2.24, 2.45) is 5.92 Å². The van der Waals surface area contributed by atoms with Crippen molar-refractivity contribution >= 4 is 44.9 Å². The Hall–Kier alpha value is -1.51. The third-order valence-electron chi connectivity index (χ3n) is 5.25. The van der Waals surface area contributed by atoms with Crippen LogP contribution >= 0.6 is 34.7 Å². The monoisotopic (exact) mass is 472 g/mol. The highest BCUT2D eigenvalue weighted by Crippen LogP contribution is 2.38. The minimum Gasteiger partial charge on any atom is -0.268 e. The Bertz CT molecular complexity index is 1170. The molecule has 0 fully saturated rings. The van der Waals surface area contributed by atoms with E-state index in [4.69, 9.17) is 16.6 Å². The smallest absolute Gasteiger partial charge is 0.268 e. The van der Waals surface area contributed by atoms with Crippen LogP contribution < -0.4 is 5.56 Å². The number of thioether (sulfide) groups is 1. The van der Waals surface area contributed by atoms with Crippen LogP contribution in [0.15, 0.2) is 28.2 Å². The number of nitrogens with zero attached hydrogens (tertiary/aromatic N) is 2. The molecule has 1 aromatic carbocycles. The van der Waals surface area contributed by atoms with Crippen molar-refractivity contribution in [1.29, 1.82) is 0 Å². The Morgan fingerprint density at radius 3 is 2.83 bits per heavy atom. The molecule has 0 N–H and O–H groups in total. The molecule has 0 saturated heterocycles. The van der Waals surface area contributed by atoms with E-state index in [1.807, 2.05) is 6.92 Å². The molecule has 4 rings (SSSR count). The normalized spacial score (nSPS) is 16.8. The molecule has 0 saturated carbocycles. The molecule has 9 heteroatoms. The van der Waals surface area contributed by atoms with Gasteiger partial charge in [-0.3, -0.25) is 9.36 Å². The first-order chi connectivity index (χ1) is 14.2. The number of halogens is 4. The van der Waals surface area contributed by atoms with Crippen LogP contribution in [-0.2, 0) is 19.0 Å². The average Bonchev–Trinajstić information content (AvgIpc) is 3.03. The van der Waals surface area contributed by atoms with Crippen LogP contribution in [0.5, 0.6) is 0 Å². The number of aryl methyl sites for hydroxylation is 1. The molecule has 2 aromatic heterocycles. The summed E-state index contributed by atoms with van der Waals surface area (Å²) in [6, 6.07) is 3.58. The summed E-state index contributed by atoms with van der Waals surface area (Å²) in [5, 5.41) is 0.570. The summed E-state index contributed by atoms with van der Waals surface area (Å²) in [5.41, 5.74) is -0.118. The molecule has 1 aliphatic rings. The molecular weight excluding hydrogens is 453 g/mol. The summed E-state index contributed by atoms with van der Waals surface area (Å²) in [5.74, 6) is 1.26. The fourth-order valence-corrected chi connectivity index (χ4v) is 6.27. The molecule has 1 atom stereocenters. The highest BCUT2D eigenvalue weighted by atomic mass is 35.5. The Balaban J connectivity index is 1.98. The summed E-state index contributed by atoms with van der Waals surface area (Å²) in [4.78, 5) is 20.2. The highest BCUT2D eigenvalue weighted by Gasteiger charge is 2.34. The first-order valence-electron chi connectivity index (χ1n) is 9.78. The number of hydrogen-bond acceptors (Lipinski definition) is 4. The van der Waals surface area contributed by atoms with E-state index in [1.165, 1.54) is 33.3 Å². The number of rotatable bonds is 4. The minimum absolute atomic E-state index is 0.133. The second-order valence-electron chi connectivity index (χ2n) is 7.58. The maximum Gasteiger partial charge on any atom is 0.417 e. The van der Waals surface area contributed by atoms with Gasteiger partial charge in [0.15, 0.2) is 5.16 Å². The van der Waals surface area contributed by atoms with Crippen LogP contribution in [0.4, 0.5) is 13.2 Å². The lowest BCUT2D eigenvalue weighted by Crippen LogP contribution is -2.23. The fraction of sp³-hybridized carbons (Fsp3) is 0.429. The van der Waals surface area contributed by atoms with Gasteiger partial charge in [0.05, 0.1) is 21.7 Å². The lowest BCUT2D eigenvalue weighted by atomic mass is 9.89. The van der Waals surface area contributed by atoms with Crippen LogP contribution in [-0.4, -0.2) is 15.3 Å². The van der Waals surface area contributed by atoms with Gasteiger partial charge in [0, 0.05) is 10.6 Å². The van der Waals surface area contributed by atoms with Crippen LogP contribution in [0.3, 0.4) is 0 Å². The van der Waals surface area contributed by atoms with E-state index in [0.29, 0.717) is 27.0 Å². The van der Waals surface area contributed by atoms with Gasteiger partial charge in [-0.05, 0) is 55.4 Å². The van der Waals surface area contributed by atoms with Gasteiger partial charge in [-0.1, -0.05) is 37.2 Å². The van der Waals surface area contributed by atoms with Gasteiger partial charge in [-0.15, -0.1) is 11.3 Å². The van der Waals surface area contributed by atoms with E-state index in [-0.39, 0.29) is 11.2 Å². The maximum atomic E-state index is 13.6. The molecule has 0 spiro atoms. The SMILES string of the molecule is CCCSc1nc2sc3c(c2c(=O)n1-c1ccc(Cl)c(C(F)(F)F)c1)CCC(C)C3. The summed E-state index contributed by atoms with van der Waals surface area (Å²) in [7, 11) is 0. The lowest BCUT2D eigenvalue weighted by Gasteiger charge is -2.18. The molecule has 2 heterocycles. The second-order valence-corrected chi connectivity index (χ2v) is 10.1. The topological polar surface area (TPSA) is 34.9 Å². The first kappa shape index (κ1) is 21.7. The van der Waals surface area contributed by atoms with Crippen LogP contribution in [0.1, 0.15) is 42.7 Å². The van der Waals surface area contributed by atoms with Crippen LogP contribution in [0.25, 0.3) is 15.9 Å². The second kappa shape index (κ2) is 8.20. The molecule has 0 bridgehead atoms. The zero-order chi connectivity index (χ0) is 21.6. The number of fused-ring (bicyclic) bond motifs is 3. The lowest BCUT2D eigenvalue weighted by molar-refractivity contribution is -0.137. The molecule has 3 aromatic rings. The van der Waals surface area contributed by atoms with Gasteiger partial charge < -0.3 is 0 Å². The Morgan fingerprint density at radius 2 is 2.13 bits per heavy atom. The van der Waals surface area contributed by atoms with E-state index >= 15 is 0 Å². The summed E-state index contributed by atoms with van der Waals surface area (Å²) < 4.78 is 41.6. The van der Waals surface area contributed by atoms with Crippen molar-refractivity contribution in [2.45, 2.75) is 50.9 Å². The maximum absolute atomic E-state index is 13.6. The Kier molecular flexibility index (Phi) is 5.94. The van der Waals surface area contributed by atoms with Crippen molar-refractivity contribution in [3.05, 3.63) is 49.6 Å². The predicted octanol–water partition coefficient (Wildman–Crippen LogP) is 6.75. The van der Waals surface area contributed by atoms with Crippen LogP contribution in [0.2, 0.25) is 5.02 Å². The van der Waals surface area contributed by atoms with E-state index in [9.17, 15) is 18.0 Å². The molecule has 0 amide bonds.